The molecule has 206 valence electrons. The van der Waals surface area contributed by atoms with Crippen molar-refractivity contribution in [3.05, 3.63) is 97.6 Å². The molecule has 0 fully saturated rings. The molecule has 11 heteroatoms. The predicted octanol–water partition coefficient (Wildman–Crippen LogP) is 7.24. The molecule has 5 rings (SSSR count). The van der Waals surface area contributed by atoms with Gasteiger partial charge in [0.1, 0.15) is 6.04 Å². The third-order valence-corrected chi connectivity index (χ3v) is 8.47. The van der Waals surface area contributed by atoms with Gasteiger partial charge in [0.05, 0.1) is 17.2 Å². The van der Waals surface area contributed by atoms with E-state index < -0.39 is 6.04 Å². The number of nitrogens with one attached hydrogen (secondary N) is 2. The summed E-state index contributed by atoms with van der Waals surface area (Å²) in [5.74, 6) is 1.03. The van der Waals surface area contributed by atoms with Crippen LogP contribution in [0.25, 0.3) is 0 Å². The molecule has 1 aliphatic heterocycles. The molecule has 8 nitrogen and oxygen atoms in total. The number of aromatic nitrogens is 3. The number of methoxy groups -OCH3 is 1. The number of phenolic OH excluding ortho intramolecular Hbond substituents is 1. The number of rotatable bonds is 7. The van der Waals surface area contributed by atoms with E-state index >= 15 is 0 Å². The van der Waals surface area contributed by atoms with Gasteiger partial charge < -0.3 is 20.5 Å². The first-order chi connectivity index (χ1) is 19.2. The second kappa shape index (κ2) is 11.6. The third kappa shape index (κ3) is 5.56. The molecule has 1 aliphatic rings. The van der Waals surface area contributed by atoms with Crippen LogP contribution in [0.5, 0.6) is 11.5 Å². The number of carbonyl (C=O) groups excluding carboxylic acids is 1. The Morgan fingerprint density at radius 2 is 1.98 bits per heavy atom. The fourth-order valence-electron chi connectivity index (χ4n) is 4.60. The Labute approximate surface area is 249 Å². The van der Waals surface area contributed by atoms with E-state index in [1.54, 1.807) is 16.8 Å². The van der Waals surface area contributed by atoms with E-state index in [1.165, 1.54) is 18.9 Å². The van der Waals surface area contributed by atoms with Crippen LogP contribution < -0.4 is 15.4 Å². The van der Waals surface area contributed by atoms with E-state index in [-0.39, 0.29) is 17.4 Å². The number of ether oxygens (including phenoxy) is 1. The lowest BCUT2D eigenvalue weighted by atomic mass is 9.94. The highest BCUT2D eigenvalue weighted by Gasteiger charge is 2.35. The van der Waals surface area contributed by atoms with Gasteiger partial charge in [-0.2, -0.15) is 4.98 Å². The fourth-order valence-corrected chi connectivity index (χ4v) is 6.18. The smallest absolute Gasteiger partial charge is 0.255 e. The van der Waals surface area contributed by atoms with Crippen molar-refractivity contribution in [2.45, 2.75) is 37.7 Å². The number of halogens is 2. The van der Waals surface area contributed by atoms with Crippen molar-refractivity contribution in [2.75, 3.05) is 17.7 Å². The molecule has 0 aliphatic carbocycles. The van der Waals surface area contributed by atoms with Gasteiger partial charge in [-0.1, -0.05) is 59.3 Å². The Morgan fingerprint density at radius 1 is 1.20 bits per heavy atom. The van der Waals surface area contributed by atoms with Gasteiger partial charge in [-0.3, -0.25) is 4.79 Å². The highest BCUT2D eigenvalue weighted by atomic mass is 79.9. The van der Waals surface area contributed by atoms with Crippen LogP contribution in [-0.4, -0.2) is 32.9 Å². The molecule has 0 saturated heterocycles. The first-order valence-corrected chi connectivity index (χ1v) is 14.6. The lowest BCUT2D eigenvalue weighted by Gasteiger charge is -2.29. The van der Waals surface area contributed by atoms with Crippen LogP contribution in [0.1, 0.15) is 35.2 Å². The van der Waals surface area contributed by atoms with Crippen molar-refractivity contribution >= 4 is 56.8 Å². The van der Waals surface area contributed by atoms with E-state index in [2.05, 4.69) is 26.6 Å². The second-order valence-electron chi connectivity index (χ2n) is 9.43. The van der Waals surface area contributed by atoms with Crippen molar-refractivity contribution < 1.29 is 14.6 Å². The van der Waals surface area contributed by atoms with Gasteiger partial charge in [-0.05, 0) is 77.7 Å². The summed E-state index contributed by atoms with van der Waals surface area (Å²) in [5, 5.41) is 22.8. The third-order valence-electron chi connectivity index (χ3n) is 6.61. The first-order valence-electron chi connectivity index (χ1n) is 12.4. The highest BCUT2D eigenvalue weighted by Crippen LogP contribution is 2.43. The number of aryl methyl sites for hydroxylation is 2. The summed E-state index contributed by atoms with van der Waals surface area (Å²) in [6, 6.07) is 16.3. The van der Waals surface area contributed by atoms with Crippen molar-refractivity contribution in [3.63, 3.8) is 0 Å². The van der Waals surface area contributed by atoms with Gasteiger partial charge in [0.15, 0.2) is 11.5 Å². The monoisotopic (exact) mass is 639 g/mol. The maximum absolute atomic E-state index is 13.9. The lowest BCUT2D eigenvalue weighted by molar-refractivity contribution is -0.113. The standard InChI is InChI=1S/C29H27BrClN5O3S/c1-15-9-10-22(16(2)11-15)33-27(38)24-17(3)32-28-34-29(40-14-18-7-5-6-8-21(18)31)35-36(28)25(24)19-12-20(30)26(37)23(13-19)39-4/h5-13,25,37H,14H2,1-4H3,(H,33,38)(H,32,34,35). The Balaban J connectivity index is 1.56. The predicted molar refractivity (Wildman–Crippen MR) is 162 cm³/mol. The fraction of sp³-hybridized carbons (Fsp3) is 0.207. The topological polar surface area (TPSA) is 101 Å². The summed E-state index contributed by atoms with van der Waals surface area (Å²) >= 11 is 11.2. The van der Waals surface area contributed by atoms with Crippen LogP contribution in [-0.2, 0) is 10.5 Å². The molecule has 4 aromatic rings. The first kappa shape index (κ1) is 28.1. The largest absolute Gasteiger partial charge is 0.503 e. The molecule has 3 N–H and O–H groups in total. The Bertz CT molecular complexity index is 1650. The van der Waals surface area contributed by atoms with Crippen LogP contribution in [0, 0.1) is 13.8 Å². The lowest BCUT2D eigenvalue weighted by Crippen LogP contribution is -2.31. The van der Waals surface area contributed by atoms with E-state index in [9.17, 15) is 9.90 Å². The zero-order valence-electron chi connectivity index (χ0n) is 22.3. The molecule has 1 atom stereocenters. The quantitative estimate of drug-likeness (QED) is 0.183. The SMILES string of the molecule is COc1cc(C2C(C(=O)Nc3ccc(C)cc3C)=C(C)Nc3nc(SCc4ccccc4Cl)nn32)cc(Br)c1O. The maximum Gasteiger partial charge on any atom is 0.255 e. The average molecular weight is 641 g/mol. The Hall–Kier alpha value is -3.47. The molecule has 2 heterocycles. The number of allylic oxidation sites excluding steroid dienone is 1. The van der Waals surface area contributed by atoms with Gasteiger partial charge in [0.2, 0.25) is 11.1 Å². The molecule has 1 unspecified atom stereocenters. The summed E-state index contributed by atoms with van der Waals surface area (Å²) in [6.07, 6.45) is 0. The summed E-state index contributed by atoms with van der Waals surface area (Å²) in [6.45, 7) is 5.81. The van der Waals surface area contributed by atoms with Crippen LogP contribution in [0.15, 0.2) is 75.5 Å². The summed E-state index contributed by atoms with van der Waals surface area (Å²) in [4.78, 5) is 18.6. The number of aromatic hydroxyl groups is 1. The molecule has 3 aromatic carbocycles. The number of fused-ring (bicyclic) bond motifs is 1. The number of amides is 1. The van der Waals surface area contributed by atoms with E-state index in [0.29, 0.717) is 43.2 Å². The van der Waals surface area contributed by atoms with Gasteiger partial charge in [0, 0.05) is 22.2 Å². The summed E-state index contributed by atoms with van der Waals surface area (Å²) < 4.78 is 7.54. The number of thioether (sulfide) groups is 1. The molecule has 0 bridgehead atoms. The molecule has 1 aromatic heterocycles. The number of benzene rings is 3. The maximum atomic E-state index is 13.9. The van der Waals surface area contributed by atoms with Crippen LogP contribution in [0.3, 0.4) is 0 Å². The summed E-state index contributed by atoms with van der Waals surface area (Å²) in [7, 11) is 1.48. The zero-order valence-corrected chi connectivity index (χ0v) is 25.4. The molecule has 40 heavy (non-hydrogen) atoms. The van der Waals surface area contributed by atoms with Gasteiger partial charge >= 0.3 is 0 Å². The number of nitrogens with zero attached hydrogens (tertiary/aromatic N) is 3. The highest BCUT2D eigenvalue weighted by molar-refractivity contribution is 9.10. The molecular formula is C29H27BrClN5O3S. The normalized spacial score (nSPS) is 14.5. The number of carbonyl (C=O) groups is 1. The van der Waals surface area contributed by atoms with Gasteiger partial charge in [0.25, 0.3) is 5.91 Å². The molecule has 0 saturated carbocycles. The van der Waals surface area contributed by atoms with Crippen molar-refractivity contribution in [3.8, 4) is 11.5 Å². The minimum atomic E-state index is -0.657. The molecule has 0 radical (unpaired) electrons. The van der Waals surface area contributed by atoms with Crippen molar-refractivity contribution in [1.29, 1.82) is 0 Å². The van der Waals surface area contributed by atoms with Crippen LogP contribution in [0.2, 0.25) is 5.02 Å². The van der Waals surface area contributed by atoms with E-state index in [0.717, 1.165) is 22.4 Å². The number of hydrogen-bond donors (Lipinski definition) is 3. The van der Waals surface area contributed by atoms with Crippen LogP contribution in [0.4, 0.5) is 11.6 Å². The Morgan fingerprint density at radius 3 is 2.70 bits per heavy atom. The number of phenols is 1. The molecule has 1 amide bonds. The van der Waals surface area contributed by atoms with Gasteiger partial charge in [-0.25, -0.2) is 4.68 Å². The van der Waals surface area contributed by atoms with Crippen molar-refractivity contribution in [2.24, 2.45) is 0 Å². The zero-order chi connectivity index (χ0) is 28.6. The van der Waals surface area contributed by atoms with Crippen LogP contribution >= 0.6 is 39.3 Å². The van der Waals surface area contributed by atoms with Gasteiger partial charge in [-0.15, -0.1) is 5.10 Å². The van der Waals surface area contributed by atoms with E-state index in [4.69, 9.17) is 26.4 Å². The Kier molecular flexibility index (Phi) is 8.11. The second-order valence-corrected chi connectivity index (χ2v) is 11.6. The minimum Gasteiger partial charge on any atom is -0.503 e. The molecular weight excluding hydrogens is 614 g/mol. The van der Waals surface area contributed by atoms with Crippen molar-refractivity contribution in [1.82, 2.24) is 14.8 Å². The average Bonchev–Trinajstić information content (AvgIpc) is 3.32. The van der Waals surface area contributed by atoms with E-state index in [1.807, 2.05) is 63.2 Å². The number of hydrogen-bond acceptors (Lipinski definition) is 7. The summed E-state index contributed by atoms with van der Waals surface area (Å²) in [5.41, 5.74) is 5.54. The number of anilines is 2. The molecule has 0 spiro atoms. The minimum absolute atomic E-state index is 0.0306.